The second kappa shape index (κ2) is 3.21. The first-order chi connectivity index (χ1) is 6.34. The van der Waals surface area contributed by atoms with Crippen LogP contribution in [0.25, 0.3) is 0 Å². The van der Waals surface area contributed by atoms with E-state index in [1.54, 1.807) is 11.8 Å². The lowest BCUT2D eigenvalue weighted by molar-refractivity contribution is -0.140. The molecule has 1 amide bonds. The third-order valence-corrected chi connectivity index (χ3v) is 3.80. The van der Waals surface area contributed by atoms with E-state index in [4.69, 9.17) is 0 Å². The first-order valence-electron chi connectivity index (χ1n) is 4.03. The van der Waals surface area contributed by atoms with Crippen LogP contribution in [0.4, 0.5) is 0 Å². The highest BCUT2D eigenvalue weighted by molar-refractivity contribution is 8.00. The van der Waals surface area contributed by atoms with Crippen LogP contribution in [0, 0.1) is 0 Å². The number of hydrogen-bond donors (Lipinski definition) is 1. The number of amides is 1. The molecule has 0 spiro atoms. The molecule has 0 bridgehead atoms. The van der Waals surface area contributed by atoms with Gasteiger partial charge in [0.1, 0.15) is 0 Å². The van der Waals surface area contributed by atoms with E-state index >= 15 is 0 Å². The van der Waals surface area contributed by atoms with E-state index in [-0.39, 0.29) is 17.3 Å². The quantitative estimate of drug-likeness (QED) is 0.604. The molecule has 2 saturated heterocycles. The molecular formula is C6H7N6OS. The van der Waals surface area contributed by atoms with Gasteiger partial charge >= 0.3 is 0 Å². The van der Waals surface area contributed by atoms with E-state index in [0.29, 0.717) is 11.8 Å². The van der Waals surface area contributed by atoms with Crippen molar-refractivity contribution in [3.63, 3.8) is 0 Å². The summed E-state index contributed by atoms with van der Waals surface area (Å²) in [7, 11) is 0. The van der Waals surface area contributed by atoms with Gasteiger partial charge in [-0.05, 0) is 10.4 Å². The summed E-state index contributed by atoms with van der Waals surface area (Å²) in [5.41, 5.74) is 0. The number of fused-ring (bicyclic) bond motifs is 1. The van der Waals surface area contributed by atoms with Crippen molar-refractivity contribution >= 4 is 17.7 Å². The van der Waals surface area contributed by atoms with Crippen molar-refractivity contribution in [2.24, 2.45) is 0 Å². The zero-order valence-corrected chi connectivity index (χ0v) is 7.94. The number of H-pyrrole nitrogens is 1. The summed E-state index contributed by atoms with van der Waals surface area (Å²) in [6, 6.07) is 0. The lowest BCUT2D eigenvalue weighted by atomic mass is 10.2. The van der Waals surface area contributed by atoms with Gasteiger partial charge in [0, 0.05) is 12.7 Å². The largest absolute Gasteiger partial charge is 0.328 e. The summed E-state index contributed by atoms with van der Waals surface area (Å²) < 4.78 is 0. The zero-order valence-electron chi connectivity index (χ0n) is 7.12. The van der Waals surface area contributed by atoms with Gasteiger partial charge < -0.3 is 4.90 Å². The number of aromatic amines is 1. The minimum absolute atomic E-state index is 0. The molecular weight excluding hydrogens is 204 g/mol. The normalized spacial score (nSPS) is 29.4. The Morgan fingerprint density at radius 3 is 3.00 bits per heavy atom. The number of β-lactam (4-membered cyclic amide) rings is 1. The van der Waals surface area contributed by atoms with Crippen LogP contribution in [0.5, 0.6) is 0 Å². The maximum absolute atomic E-state index is 11.1. The van der Waals surface area contributed by atoms with Gasteiger partial charge in [-0.2, -0.15) is 0 Å². The number of thioether (sulfide) groups is 1. The van der Waals surface area contributed by atoms with Gasteiger partial charge in [-0.25, -0.2) is 5.10 Å². The highest BCUT2D eigenvalue weighted by atomic mass is 32.2. The number of hydrogen-bond acceptors (Lipinski definition) is 5. The Morgan fingerprint density at radius 1 is 1.57 bits per heavy atom. The van der Waals surface area contributed by atoms with Crippen molar-refractivity contribution in [3.8, 4) is 0 Å². The molecule has 1 N–H and O–H groups in total. The predicted octanol–water partition coefficient (Wildman–Crippen LogP) is -0.935. The second-order valence-corrected chi connectivity index (χ2v) is 4.50. The van der Waals surface area contributed by atoms with Gasteiger partial charge in [-0.3, -0.25) is 4.79 Å². The van der Waals surface area contributed by atoms with Crippen molar-refractivity contribution in [1.29, 1.82) is 0 Å². The molecule has 2 atom stereocenters. The van der Waals surface area contributed by atoms with Crippen LogP contribution < -0.4 is 6.15 Å². The molecule has 2 fully saturated rings. The molecule has 2 aliphatic rings. The molecule has 0 aliphatic carbocycles. The van der Waals surface area contributed by atoms with Crippen LogP contribution in [0.2, 0.25) is 0 Å². The molecule has 0 saturated carbocycles. The summed E-state index contributed by atoms with van der Waals surface area (Å²) >= 11 is 1.75. The van der Waals surface area contributed by atoms with Crippen LogP contribution in [0.15, 0.2) is 0 Å². The number of carbonyl (C=O) groups excluding carboxylic acids is 1. The minimum Gasteiger partial charge on any atom is -0.328 e. The molecule has 2 aliphatic heterocycles. The standard InChI is InChI=1S/C6H7N5OS.N/c12-4-1-5-11(4)2-3(13-5)6-7-9-10-8-6;/h3,5H,1-2H2,(H,7,8,9,10);/t3?,5-;/m1./s1. The number of carbonyl (C=O) groups is 1. The summed E-state index contributed by atoms with van der Waals surface area (Å²) in [4.78, 5) is 13.0. The summed E-state index contributed by atoms with van der Waals surface area (Å²) in [5, 5.41) is 14.2. The molecule has 1 aromatic rings. The predicted molar refractivity (Wildman–Crippen MR) is 46.8 cm³/mol. The lowest BCUT2D eigenvalue weighted by Crippen LogP contribution is -2.46. The average molecular weight is 211 g/mol. The number of rotatable bonds is 1. The molecule has 1 aromatic heterocycles. The van der Waals surface area contributed by atoms with Crippen molar-refractivity contribution in [2.75, 3.05) is 6.54 Å². The fourth-order valence-electron chi connectivity index (χ4n) is 1.63. The van der Waals surface area contributed by atoms with Crippen LogP contribution in [0.1, 0.15) is 17.5 Å². The van der Waals surface area contributed by atoms with E-state index in [9.17, 15) is 4.79 Å². The molecule has 1 unspecified atom stereocenters. The monoisotopic (exact) mass is 211 g/mol. The molecule has 7 nitrogen and oxygen atoms in total. The topological polar surface area (TPSA) is 105 Å². The molecule has 3 heterocycles. The first-order valence-corrected chi connectivity index (χ1v) is 4.97. The van der Waals surface area contributed by atoms with Crippen LogP contribution >= 0.6 is 11.8 Å². The maximum Gasteiger partial charge on any atom is 0.226 e. The van der Waals surface area contributed by atoms with Gasteiger partial charge in [-0.1, -0.05) is 0 Å². The van der Waals surface area contributed by atoms with Gasteiger partial charge in [0.2, 0.25) is 5.91 Å². The van der Waals surface area contributed by atoms with E-state index in [1.165, 1.54) is 0 Å². The molecule has 3 rings (SSSR count). The van der Waals surface area contributed by atoms with Crippen molar-refractivity contribution < 1.29 is 4.79 Å². The highest BCUT2D eigenvalue weighted by Gasteiger charge is 2.46. The summed E-state index contributed by atoms with van der Waals surface area (Å²) in [5.74, 6) is 1.01. The van der Waals surface area contributed by atoms with Gasteiger partial charge in [0.25, 0.3) is 0 Å². The second-order valence-electron chi connectivity index (χ2n) is 3.12. The molecule has 0 aromatic carbocycles. The van der Waals surface area contributed by atoms with Gasteiger partial charge in [-0.15, -0.1) is 16.9 Å². The Morgan fingerprint density at radius 2 is 2.43 bits per heavy atom. The average Bonchev–Trinajstić information content (AvgIpc) is 2.69. The summed E-state index contributed by atoms with van der Waals surface area (Å²) in [6.07, 6.45) is 0.669. The van der Waals surface area contributed by atoms with Crippen molar-refractivity contribution in [2.45, 2.75) is 17.0 Å². The van der Waals surface area contributed by atoms with Gasteiger partial charge in [0.05, 0.1) is 17.0 Å². The third kappa shape index (κ3) is 1.18. The first kappa shape index (κ1) is 9.41. The van der Waals surface area contributed by atoms with Crippen LogP contribution in [-0.2, 0) is 4.79 Å². The Labute approximate surface area is 84.2 Å². The number of tetrazole rings is 1. The van der Waals surface area contributed by atoms with Crippen molar-refractivity contribution in [3.05, 3.63) is 5.82 Å². The molecule has 73 valence electrons. The fraction of sp³-hybridized carbons (Fsp3) is 0.667. The van der Waals surface area contributed by atoms with Gasteiger partial charge in [0.15, 0.2) is 5.82 Å². The Balaban J connectivity index is 0.000000750. The Hall–Kier alpha value is -1.15. The van der Waals surface area contributed by atoms with E-state index in [0.717, 1.165) is 12.4 Å². The smallest absolute Gasteiger partial charge is 0.226 e. The number of nitrogens with one attached hydrogen (secondary N) is 1. The minimum atomic E-state index is 0. The molecule has 3 radical (unpaired) electrons. The van der Waals surface area contributed by atoms with Crippen molar-refractivity contribution in [1.82, 2.24) is 31.7 Å². The van der Waals surface area contributed by atoms with E-state index in [2.05, 4.69) is 20.6 Å². The van der Waals surface area contributed by atoms with Crippen LogP contribution in [-0.4, -0.2) is 43.3 Å². The SMILES string of the molecule is O=C1C[C@H]2SC(c3nnn[nH]3)CN12.[N]. The maximum atomic E-state index is 11.1. The van der Waals surface area contributed by atoms with E-state index < -0.39 is 0 Å². The zero-order chi connectivity index (χ0) is 8.84. The number of nitrogens with zero attached hydrogens (tertiary/aromatic N) is 5. The number of aromatic nitrogens is 4. The lowest BCUT2D eigenvalue weighted by Gasteiger charge is -2.32. The summed E-state index contributed by atoms with van der Waals surface area (Å²) in [6.45, 7) is 0.741. The molecule has 14 heavy (non-hydrogen) atoms. The van der Waals surface area contributed by atoms with E-state index in [1.807, 2.05) is 4.90 Å². The highest BCUT2D eigenvalue weighted by Crippen LogP contribution is 2.46. The Bertz CT molecular complexity index is 340. The fourth-order valence-corrected chi connectivity index (χ4v) is 3.08. The Kier molecular flexibility index (Phi) is 2.16. The molecule has 8 heteroatoms. The van der Waals surface area contributed by atoms with Crippen LogP contribution in [0.3, 0.4) is 0 Å². The third-order valence-electron chi connectivity index (χ3n) is 2.37.